The highest BCUT2D eigenvalue weighted by Crippen LogP contribution is 2.41. The number of pyridine rings is 1. The van der Waals surface area contributed by atoms with E-state index in [0.29, 0.717) is 41.9 Å². The number of carbonyl (C=O) groups is 1. The van der Waals surface area contributed by atoms with Crippen LogP contribution >= 0.6 is 0 Å². The van der Waals surface area contributed by atoms with Crippen LogP contribution in [-0.2, 0) is 6.54 Å². The van der Waals surface area contributed by atoms with Crippen molar-refractivity contribution in [3.8, 4) is 28.6 Å². The van der Waals surface area contributed by atoms with Gasteiger partial charge >= 0.3 is 0 Å². The molecule has 1 aromatic carbocycles. The van der Waals surface area contributed by atoms with Crippen LogP contribution in [-0.4, -0.2) is 80.3 Å². The first-order chi connectivity index (χ1) is 17.5. The summed E-state index contributed by atoms with van der Waals surface area (Å²) in [5.41, 5.74) is 7.89. The van der Waals surface area contributed by atoms with E-state index in [1.165, 1.54) is 0 Å². The summed E-state index contributed by atoms with van der Waals surface area (Å²) in [6, 6.07) is 12.6. The molecule has 2 aliphatic rings. The monoisotopic (exact) mass is 493 g/mol. The van der Waals surface area contributed by atoms with Gasteiger partial charge in [0, 0.05) is 43.5 Å². The first-order valence-electron chi connectivity index (χ1n) is 12.0. The van der Waals surface area contributed by atoms with Gasteiger partial charge in [-0.1, -0.05) is 6.07 Å². The number of nitrogen functional groups attached to an aromatic ring is 1. The number of hydrogen-bond donors (Lipinski definition) is 2. The molecule has 3 aromatic rings. The molecule has 4 heterocycles. The molecule has 1 unspecified atom stereocenters. The van der Waals surface area contributed by atoms with Crippen LogP contribution in [0.15, 0.2) is 46.9 Å². The van der Waals surface area contributed by atoms with E-state index in [2.05, 4.69) is 27.1 Å². The second-order valence-corrected chi connectivity index (χ2v) is 9.07. The van der Waals surface area contributed by atoms with Crippen LogP contribution in [0, 0.1) is 0 Å². The number of nitrogens with two attached hydrogens (primary N) is 1. The maximum Gasteiger partial charge on any atom is 0.287 e. The van der Waals surface area contributed by atoms with Crippen molar-refractivity contribution in [1.29, 1.82) is 0 Å². The van der Waals surface area contributed by atoms with Gasteiger partial charge < -0.3 is 34.6 Å². The van der Waals surface area contributed by atoms with E-state index in [-0.39, 0.29) is 24.3 Å². The maximum atomic E-state index is 12.7. The molecule has 0 bridgehead atoms. The smallest absolute Gasteiger partial charge is 0.287 e. The number of fused-ring (bicyclic) bond motifs is 1. The quantitative estimate of drug-likeness (QED) is 0.511. The first-order valence-corrected chi connectivity index (χ1v) is 12.0. The Morgan fingerprint density at radius 2 is 2.03 bits per heavy atom. The fourth-order valence-corrected chi connectivity index (χ4v) is 4.31. The fraction of sp³-hybridized carbons (Fsp3) is 0.385. The minimum atomic E-state index is -0.384. The summed E-state index contributed by atoms with van der Waals surface area (Å²) in [6.45, 7) is 5.29. The molecule has 2 aromatic heterocycles. The molecule has 10 heteroatoms. The number of furan rings is 1. The molecule has 3 N–H and O–H groups in total. The summed E-state index contributed by atoms with van der Waals surface area (Å²) in [6.07, 6.45) is -0.384. The van der Waals surface area contributed by atoms with E-state index in [1.54, 1.807) is 25.3 Å². The molecule has 0 spiro atoms. The Morgan fingerprint density at radius 1 is 1.19 bits per heavy atom. The molecule has 0 aliphatic carbocycles. The number of hydrogen-bond acceptors (Lipinski definition) is 9. The van der Waals surface area contributed by atoms with E-state index < -0.39 is 0 Å². The third kappa shape index (κ3) is 5.39. The van der Waals surface area contributed by atoms with Crippen LogP contribution in [0.2, 0.25) is 0 Å². The maximum absolute atomic E-state index is 12.7. The molecule has 0 saturated carbocycles. The zero-order valence-corrected chi connectivity index (χ0v) is 20.5. The van der Waals surface area contributed by atoms with Crippen LogP contribution in [0.3, 0.4) is 0 Å². The number of amides is 1. The summed E-state index contributed by atoms with van der Waals surface area (Å²) >= 11 is 0. The molecule has 5 rings (SSSR count). The molecule has 1 fully saturated rings. The lowest BCUT2D eigenvalue weighted by atomic mass is 10.1. The Labute approximate surface area is 209 Å². The SMILES string of the molecule is COc1cc(N)cc(-c2cccc3c2OC(CNC(=O)c2ccc(CN4CCN(C)CC4)o2)CO3)n1. The van der Waals surface area contributed by atoms with Crippen molar-refractivity contribution in [1.82, 2.24) is 20.1 Å². The normalized spacial score (nSPS) is 18.1. The number of rotatable bonds is 7. The number of nitrogens with zero attached hydrogens (tertiary/aromatic N) is 3. The average Bonchev–Trinajstić information content (AvgIpc) is 3.36. The lowest BCUT2D eigenvalue weighted by Gasteiger charge is -2.31. The summed E-state index contributed by atoms with van der Waals surface area (Å²) in [5, 5.41) is 2.90. The van der Waals surface area contributed by atoms with Crippen molar-refractivity contribution in [2.45, 2.75) is 12.6 Å². The van der Waals surface area contributed by atoms with Crippen LogP contribution in [0.4, 0.5) is 5.69 Å². The van der Waals surface area contributed by atoms with Gasteiger partial charge in [0.15, 0.2) is 17.3 Å². The number of carbonyl (C=O) groups excluding carboxylic acids is 1. The van der Waals surface area contributed by atoms with Gasteiger partial charge in [-0.25, -0.2) is 4.98 Å². The summed E-state index contributed by atoms with van der Waals surface area (Å²) in [7, 11) is 3.66. The minimum absolute atomic E-state index is 0.259. The van der Waals surface area contributed by atoms with Crippen LogP contribution in [0.5, 0.6) is 17.4 Å². The topological polar surface area (TPSA) is 115 Å². The van der Waals surface area contributed by atoms with Crippen LogP contribution in [0.1, 0.15) is 16.3 Å². The van der Waals surface area contributed by atoms with Gasteiger partial charge in [-0.05, 0) is 37.4 Å². The van der Waals surface area contributed by atoms with Crippen molar-refractivity contribution in [2.75, 3.05) is 59.2 Å². The molecular formula is C26H31N5O5. The van der Waals surface area contributed by atoms with E-state index in [9.17, 15) is 4.79 Å². The zero-order chi connectivity index (χ0) is 25.1. The first kappa shape index (κ1) is 24.0. The molecule has 1 saturated heterocycles. The van der Waals surface area contributed by atoms with Gasteiger partial charge in [-0.2, -0.15) is 0 Å². The number of ether oxygens (including phenoxy) is 3. The Balaban J connectivity index is 1.21. The molecule has 190 valence electrons. The van der Waals surface area contributed by atoms with Crippen molar-refractivity contribution in [3.05, 3.63) is 54.0 Å². The van der Waals surface area contributed by atoms with Gasteiger partial charge in [0.05, 0.1) is 25.9 Å². The highest BCUT2D eigenvalue weighted by molar-refractivity contribution is 5.91. The second-order valence-electron chi connectivity index (χ2n) is 9.07. The summed E-state index contributed by atoms with van der Waals surface area (Å²) in [4.78, 5) is 21.8. The largest absolute Gasteiger partial charge is 0.486 e. The number of piperazine rings is 1. The van der Waals surface area contributed by atoms with Gasteiger partial charge in [0.25, 0.3) is 5.91 Å². The van der Waals surface area contributed by atoms with Crippen molar-refractivity contribution < 1.29 is 23.4 Å². The molecule has 2 aliphatic heterocycles. The van der Waals surface area contributed by atoms with E-state index >= 15 is 0 Å². The standard InChI is InChI=1S/C26H31N5O5/c1-30-8-10-31(11-9-30)15-18-6-7-23(35-18)26(32)28-14-19-16-34-22-5-3-4-20(25(22)36-19)21-12-17(27)13-24(29-21)33-2/h3-7,12-13,19H,8-11,14-16H2,1-2H3,(H2,27,29)(H,28,32). The van der Waals surface area contributed by atoms with Gasteiger partial charge in [0.2, 0.25) is 5.88 Å². The molecular weight excluding hydrogens is 462 g/mol. The summed E-state index contributed by atoms with van der Waals surface area (Å²) in [5.74, 6) is 2.35. The third-order valence-corrected chi connectivity index (χ3v) is 6.35. The van der Waals surface area contributed by atoms with Crippen molar-refractivity contribution in [3.63, 3.8) is 0 Å². The molecule has 36 heavy (non-hydrogen) atoms. The Kier molecular flexibility index (Phi) is 6.97. The van der Waals surface area contributed by atoms with Gasteiger partial charge in [-0.15, -0.1) is 0 Å². The number of anilines is 1. The van der Waals surface area contributed by atoms with E-state index in [1.807, 2.05) is 24.3 Å². The van der Waals surface area contributed by atoms with E-state index in [4.69, 9.17) is 24.4 Å². The fourth-order valence-electron chi connectivity index (χ4n) is 4.31. The number of nitrogens with one attached hydrogen (secondary N) is 1. The minimum Gasteiger partial charge on any atom is -0.486 e. The lowest BCUT2D eigenvalue weighted by molar-refractivity contribution is 0.0773. The number of methoxy groups -OCH3 is 1. The number of likely N-dealkylation sites (N-methyl/N-ethyl adjacent to an activating group) is 1. The highest BCUT2D eigenvalue weighted by Gasteiger charge is 2.26. The van der Waals surface area contributed by atoms with Crippen LogP contribution < -0.4 is 25.3 Å². The van der Waals surface area contributed by atoms with Gasteiger partial charge in [-0.3, -0.25) is 9.69 Å². The second kappa shape index (κ2) is 10.5. The number of benzene rings is 1. The Bertz CT molecular complexity index is 1220. The summed E-state index contributed by atoms with van der Waals surface area (Å²) < 4.78 is 23.2. The number of para-hydroxylation sites is 1. The van der Waals surface area contributed by atoms with Gasteiger partial charge in [0.1, 0.15) is 18.5 Å². The molecule has 1 amide bonds. The lowest BCUT2D eigenvalue weighted by Crippen LogP contribution is -2.43. The third-order valence-electron chi connectivity index (χ3n) is 6.35. The van der Waals surface area contributed by atoms with Crippen molar-refractivity contribution >= 4 is 11.6 Å². The predicted octanol–water partition coefficient (Wildman–Crippen LogP) is 2.25. The average molecular weight is 494 g/mol. The molecule has 1 atom stereocenters. The number of aromatic nitrogens is 1. The van der Waals surface area contributed by atoms with Crippen LogP contribution in [0.25, 0.3) is 11.3 Å². The van der Waals surface area contributed by atoms with E-state index in [0.717, 1.165) is 37.5 Å². The predicted molar refractivity (Wildman–Crippen MR) is 134 cm³/mol. The van der Waals surface area contributed by atoms with Crippen molar-refractivity contribution in [2.24, 2.45) is 0 Å². The highest BCUT2D eigenvalue weighted by atomic mass is 16.6. The Morgan fingerprint density at radius 3 is 2.83 bits per heavy atom. The Hall–Kier alpha value is -3.76. The molecule has 10 nitrogen and oxygen atoms in total. The molecule has 0 radical (unpaired) electrons. The zero-order valence-electron chi connectivity index (χ0n) is 20.5.